The molecule has 6 rings (SSSR count). The van der Waals surface area contributed by atoms with Crippen molar-refractivity contribution in [3.8, 4) is 22.6 Å². The first kappa shape index (κ1) is 31.5. The molecule has 0 atom stereocenters. The summed E-state index contributed by atoms with van der Waals surface area (Å²) in [6.07, 6.45) is 3.51. The molecule has 0 fully saturated rings. The van der Waals surface area contributed by atoms with Gasteiger partial charge in [0.1, 0.15) is 6.26 Å². The van der Waals surface area contributed by atoms with Gasteiger partial charge in [-0.3, -0.25) is 4.79 Å². The summed E-state index contributed by atoms with van der Waals surface area (Å²) < 4.78 is 40.9. The highest BCUT2D eigenvalue weighted by atomic mass is 32.2. The number of hydrogen-bond donors (Lipinski definition) is 1. The molecule has 0 unspecified atom stereocenters. The summed E-state index contributed by atoms with van der Waals surface area (Å²) in [5, 5.41) is 3.88. The van der Waals surface area contributed by atoms with Crippen LogP contribution in [0.1, 0.15) is 33.9 Å². The Morgan fingerprint density at radius 2 is 1.53 bits per heavy atom. The molecule has 0 aliphatic heterocycles. The van der Waals surface area contributed by atoms with E-state index in [2.05, 4.69) is 14.9 Å². The number of carbonyl (C=O) groups is 1. The number of sulfonamides is 1. The average molecular weight is 647 g/mol. The lowest BCUT2D eigenvalue weighted by molar-refractivity contribution is -0.130. The van der Waals surface area contributed by atoms with Gasteiger partial charge in [-0.2, -0.15) is 0 Å². The first-order valence-electron chi connectivity index (χ1n) is 15.2. The molecular formula is C37H34N4O5S. The minimum Gasteiger partial charge on any atom is -0.445 e. The second kappa shape index (κ2) is 13.5. The van der Waals surface area contributed by atoms with Crippen molar-refractivity contribution in [3.63, 3.8) is 0 Å². The number of hydrogen-bond acceptors (Lipinski definition) is 7. The number of nitrogens with one attached hydrogen (secondary N) is 1. The molecule has 0 bridgehead atoms. The monoisotopic (exact) mass is 646 g/mol. The normalized spacial score (nSPS) is 11.5. The molecule has 10 heteroatoms. The Balaban J connectivity index is 1.35. The zero-order valence-electron chi connectivity index (χ0n) is 26.3. The molecule has 2 heterocycles. The quantitative estimate of drug-likeness (QED) is 0.158. The minimum atomic E-state index is -4.07. The van der Waals surface area contributed by atoms with E-state index in [1.54, 1.807) is 56.3 Å². The minimum absolute atomic E-state index is 0.0438. The lowest BCUT2D eigenvalue weighted by Gasteiger charge is -2.25. The molecule has 0 saturated carbocycles. The number of likely N-dealkylation sites (N-methyl/N-ethyl adjacent to an activating group) is 1. The number of benzene rings is 4. The SMILES string of the molecule is Cc1noc(NS(=O)(=O)c2ccccc2-c2ccc(-c3ncco3)cc2CCN(C)C(=O)C(c2ccccc2)c2ccccc2)c1C. The van der Waals surface area contributed by atoms with Crippen LogP contribution in [0.15, 0.2) is 129 Å². The van der Waals surface area contributed by atoms with Gasteiger partial charge < -0.3 is 13.8 Å². The molecule has 47 heavy (non-hydrogen) atoms. The fraction of sp³-hybridized carbons (Fsp3) is 0.162. The van der Waals surface area contributed by atoms with Crippen molar-refractivity contribution in [1.29, 1.82) is 0 Å². The van der Waals surface area contributed by atoms with Crippen LogP contribution in [0.3, 0.4) is 0 Å². The van der Waals surface area contributed by atoms with E-state index in [0.29, 0.717) is 41.2 Å². The van der Waals surface area contributed by atoms with Crippen molar-refractivity contribution in [3.05, 3.63) is 144 Å². The maximum absolute atomic E-state index is 14.1. The second-order valence-electron chi connectivity index (χ2n) is 11.3. The summed E-state index contributed by atoms with van der Waals surface area (Å²) in [4.78, 5) is 20.2. The number of carbonyl (C=O) groups excluding carboxylic acids is 1. The molecule has 1 amide bonds. The van der Waals surface area contributed by atoms with Crippen molar-refractivity contribution in [2.24, 2.45) is 0 Å². The van der Waals surface area contributed by atoms with Crippen LogP contribution in [-0.4, -0.2) is 43.0 Å². The number of aromatic nitrogens is 2. The van der Waals surface area contributed by atoms with E-state index in [1.165, 1.54) is 6.26 Å². The first-order chi connectivity index (χ1) is 22.7. The molecule has 0 aliphatic rings. The molecule has 0 radical (unpaired) electrons. The van der Waals surface area contributed by atoms with Gasteiger partial charge in [0, 0.05) is 30.3 Å². The van der Waals surface area contributed by atoms with Gasteiger partial charge >= 0.3 is 0 Å². The molecule has 0 spiro atoms. The van der Waals surface area contributed by atoms with Gasteiger partial charge in [-0.1, -0.05) is 90.1 Å². The van der Waals surface area contributed by atoms with Crippen molar-refractivity contribution < 1.29 is 22.2 Å². The van der Waals surface area contributed by atoms with Crippen LogP contribution in [-0.2, 0) is 21.2 Å². The van der Waals surface area contributed by atoms with Crippen molar-refractivity contribution >= 4 is 21.8 Å². The van der Waals surface area contributed by atoms with Gasteiger partial charge in [0.05, 0.1) is 22.7 Å². The van der Waals surface area contributed by atoms with E-state index in [0.717, 1.165) is 22.3 Å². The molecular weight excluding hydrogens is 612 g/mol. The predicted molar refractivity (Wildman–Crippen MR) is 180 cm³/mol. The summed E-state index contributed by atoms with van der Waals surface area (Å²) in [7, 11) is -2.27. The van der Waals surface area contributed by atoms with Gasteiger partial charge in [0.25, 0.3) is 10.0 Å². The van der Waals surface area contributed by atoms with Crippen LogP contribution in [0.5, 0.6) is 0 Å². The van der Waals surface area contributed by atoms with E-state index in [4.69, 9.17) is 8.94 Å². The summed E-state index contributed by atoms with van der Waals surface area (Å²) in [5.41, 5.74) is 5.79. The van der Waals surface area contributed by atoms with Gasteiger partial charge in [-0.25, -0.2) is 18.1 Å². The fourth-order valence-corrected chi connectivity index (χ4v) is 6.83. The van der Waals surface area contributed by atoms with Gasteiger partial charge in [-0.15, -0.1) is 0 Å². The topological polar surface area (TPSA) is 119 Å². The zero-order valence-corrected chi connectivity index (χ0v) is 27.1. The standard InChI is InChI=1S/C37H34N4O5S/c1-25-26(2)39-46-35(25)40-47(43,44)33-17-11-10-16-32(33)31-19-18-30(36-38-21-23-45-36)24-29(31)20-22-41(3)37(42)34(27-12-6-4-7-13-27)28-14-8-5-9-15-28/h4-19,21,23-24,34,40H,20,22H2,1-3H3. The molecule has 0 aliphatic carbocycles. The summed E-state index contributed by atoms with van der Waals surface area (Å²) >= 11 is 0. The predicted octanol–water partition coefficient (Wildman–Crippen LogP) is 7.25. The van der Waals surface area contributed by atoms with Crippen molar-refractivity contribution in [1.82, 2.24) is 15.0 Å². The van der Waals surface area contributed by atoms with Gasteiger partial charge in [-0.05, 0) is 60.7 Å². The highest BCUT2D eigenvalue weighted by Gasteiger charge is 2.27. The van der Waals surface area contributed by atoms with Gasteiger partial charge in [0.15, 0.2) is 0 Å². The molecule has 238 valence electrons. The Hall–Kier alpha value is -5.48. The van der Waals surface area contributed by atoms with Crippen LogP contribution < -0.4 is 4.72 Å². The van der Waals surface area contributed by atoms with E-state index in [9.17, 15) is 13.2 Å². The molecule has 4 aromatic carbocycles. The van der Waals surface area contributed by atoms with Crippen LogP contribution >= 0.6 is 0 Å². The lowest BCUT2D eigenvalue weighted by atomic mass is 9.90. The maximum atomic E-state index is 14.1. The summed E-state index contributed by atoms with van der Waals surface area (Å²) in [5.74, 6) is -0.00386. The Morgan fingerprint density at radius 1 is 0.872 bits per heavy atom. The second-order valence-corrected chi connectivity index (χ2v) is 12.9. The van der Waals surface area contributed by atoms with Crippen LogP contribution in [0.25, 0.3) is 22.6 Å². The van der Waals surface area contributed by atoms with Gasteiger partial charge in [0.2, 0.25) is 17.7 Å². The number of rotatable bonds is 11. The highest BCUT2D eigenvalue weighted by Crippen LogP contribution is 2.35. The first-order valence-corrected chi connectivity index (χ1v) is 16.6. The molecule has 0 saturated heterocycles. The van der Waals surface area contributed by atoms with E-state index in [1.807, 2.05) is 78.9 Å². The van der Waals surface area contributed by atoms with E-state index < -0.39 is 15.9 Å². The fourth-order valence-electron chi connectivity index (χ4n) is 5.56. The number of aryl methyl sites for hydroxylation is 1. The molecule has 2 aromatic heterocycles. The Kier molecular flexibility index (Phi) is 9.03. The molecule has 9 nitrogen and oxygen atoms in total. The maximum Gasteiger partial charge on any atom is 0.264 e. The Morgan fingerprint density at radius 3 is 2.15 bits per heavy atom. The smallest absolute Gasteiger partial charge is 0.264 e. The lowest BCUT2D eigenvalue weighted by Crippen LogP contribution is -2.34. The molecule has 6 aromatic rings. The Bertz CT molecular complexity index is 2050. The van der Waals surface area contributed by atoms with Crippen LogP contribution in [0, 0.1) is 13.8 Å². The van der Waals surface area contributed by atoms with Crippen LogP contribution in [0.4, 0.5) is 5.88 Å². The number of anilines is 1. The zero-order chi connectivity index (χ0) is 33.0. The summed E-state index contributed by atoms with van der Waals surface area (Å²) in [6, 6.07) is 31.9. The van der Waals surface area contributed by atoms with Crippen LogP contribution in [0.2, 0.25) is 0 Å². The van der Waals surface area contributed by atoms with E-state index >= 15 is 0 Å². The third kappa shape index (κ3) is 6.73. The number of oxazole rings is 1. The average Bonchev–Trinajstić information content (AvgIpc) is 3.75. The Labute approximate surface area is 273 Å². The summed E-state index contributed by atoms with van der Waals surface area (Å²) in [6.45, 7) is 3.86. The van der Waals surface area contributed by atoms with Crippen molar-refractivity contribution in [2.75, 3.05) is 18.3 Å². The largest absolute Gasteiger partial charge is 0.445 e. The highest BCUT2D eigenvalue weighted by molar-refractivity contribution is 7.92. The number of nitrogens with zero attached hydrogens (tertiary/aromatic N) is 3. The molecule has 1 N–H and O–H groups in total. The number of amides is 1. The third-order valence-corrected chi connectivity index (χ3v) is 9.63. The third-order valence-electron chi connectivity index (χ3n) is 8.24. The van der Waals surface area contributed by atoms with E-state index in [-0.39, 0.29) is 16.7 Å². The van der Waals surface area contributed by atoms with Crippen molar-refractivity contribution in [2.45, 2.75) is 31.1 Å².